The lowest BCUT2D eigenvalue weighted by Crippen LogP contribution is -2.01. The Morgan fingerprint density at radius 3 is 2.74 bits per heavy atom. The summed E-state index contributed by atoms with van der Waals surface area (Å²) in [5, 5.41) is 13.3. The fourth-order valence-corrected chi connectivity index (χ4v) is 2.08. The Hall–Kier alpha value is -1.71. The zero-order chi connectivity index (χ0) is 13.7. The number of ether oxygens (including phenoxy) is 1. The Balaban J connectivity index is 2.07. The molecule has 0 fully saturated rings. The van der Waals surface area contributed by atoms with Gasteiger partial charge in [-0.05, 0) is 35.9 Å². The predicted octanol–water partition coefficient (Wildman–Crippen LogP) is 3.45. The van der Waals surface area contributed by atoms with Crippen molar-refractivity contribution >= 4 is 17.3 Å². The van der Waals surface area contributed by atoms with Gasteiger partial charge in [-0.1, -0.05) is 23.7 Å². The van der Waals surface area contributed by atoms with E-state index < -0.39 is 0 Å². The first-order valence-electron chi connectivity index (χ1n) is 5.99. The standard InChI is InChI=1S/C15H16ClNO2/c1-19-15-6-5-14(8-12(15)10-18)17-9-11-3-2-4-13(16)7-11/h2-8,17-18H,9-10H2,1H3. The van der Waals surface area contributed by atoms with Gasteiger partial charge in [0.15, 0.2) is 0 Å². The van der Waals surface area contributed by atoms with Crippen molar-refractivity contribution in [2.75, 3.05) is 12.4 Å². The average molecular weight is 278 g/mol. The number of methoxy groups -OCH3 is 1. The molecular formula is C15H16ClNO2. The van der Waals surface area contributed by atoms with Crippen LogP contribution in [-0.2, 0) is 13.2 Å². The molecule has 0 heterocycles. The number of halogens is 1. The lowest BCUT2D eigenvalue weighted by molar-refractivity contribution is 0.274. The molecule has 0 spiro atoms. The SMILES string of the molecule is COc1ccc(NCc2cccc(Cl)c2)cc1CO. The first-order valence-corrected chi connectivity index (χ1v) is 6.37. The van der Waals surface area contributed by atoms with Crippen LogP contribution in [0.25, 0.3) is 0 Å². The highest BCUT2D eigenvalue weighted by Gasteiger charge is 2.03. The summed E-state index contributed by atoms with van der Waals surface area (Å²) in [6.07, 6.45) is 0. The van der Waals surface area contributed by atoms with E-state index in [2.05, 4.69) is 5.32 Å². The number of benzene rings is 2. The van der Waals surface area contributed by atoms with Crippen LogP contribution in [0.2, 0.25) is 5.02 Å². The van der Waals surface area contributed by atoms with E-state index in [1.165, 1.54) is 0 Å². The van der Waals surface area contributed by atoms with Crippen molar-refractivity contribution in [3.8, 4) is 5.75 Å². The molecule has 0 aliphatic rings. The van der Waals surface area contributed by atoms with Crippen molar-refractivity contribution in [2.24, 2.45) is 0 Å². The number of hydrogen-bond donors (Lipinski definition) is 2. The zero-order valence-electron chi connectivity index (χ0n) is 10.7. The van der Waals surface area contributed by atoms with Crippen LogP contribution in [-0.4, -0.2) is 12.2 Å². The fourth-order valence-electron chi connectivity index (χ4n) is 1.86. The van der Waals surface area contributed by atoms with Crippen molar-refractivity contribution in [1.29, 1.82) is 0 Å². The topological polar surface area (TPSA) is 41.5 Å². The minimum atomic E-state index is -0.0458. The molecule has 0 aromatic heterocycles. The number of aliphatic hydroxyl groups excluding tert-OH is 1. The van der Waals surface area contributed by atoms with Crippen molar-refractivity contribution in [2.45, 2.75) is 13.2 Å². The van der Waals surface area contributed by atoms with E-state index >= 15 is 0 Å². The summed E-state index contributed by atoms with van der Waals surface area (Å²) >= 11 is 5.94. The average Bonchev–Trinajstić information content (AvgIpc) is 2.45. The van der Waals surface area contributed by atoms with E-state index in [0.717, 1.165) is 21.8 Å². The first kappa shape index (κ1) is 13.7. The van der Waals surface area contributed by atoms with Gasteiger partial charge in [-0.25, -0.2) is 0 Å². The maximum Gasteiger partial charge on any atom is 0.124 e. The van der Waals surface area contributed by atoms with E-state index in [1.54, 1.807) is 7.11 Å². The highest BCUT2D eigenvalue weighted by atomic mass is 35.5. The van der Waals surface area contributed by atoms with Gasteiger partial charge in [0.25, 0.3) is 0 Å². The molecule has 2 rings (SSSR count). The minimum Gasteiger partial charge on any atom is -0.496 e. The largest absolute Gasteiger partial charge is 0.496 e. The smallest absolute Gasteiger partial charge is 0.124 e. The fraction of sp³-hybridized carbons (Fsp3) is 0.200. The van der Waals surface area contributed by atoms with Crippen LogP contribution >= 0.6 is 11.6 Å². The number of nitrogens with one attached hydrogen (secondary N) is 1. The van der Waals surface area contributed by atoms with Gasteiger partial charge in [-0.15, -0.1) is 0 Å². The van der Waals surface area contributed by atoms with Crippen LogP contribution in [0.1, 0.15) is 11.1 Å². The molecule has 0 aliphatic heterocycles. The Morgan fingerprint density at radius 1 is 1.21 bits per heavy atom. The number of anilines is 1. The quantitative estimate of drug-likeness (QED) is 0.879. The van der Waals surface area contributed by atoms with Gasteiger partial charge >= 0.3 is 0 Å². The maximum absolute atomic E-state index is 9.27. The molecule has 2 aromatic rings. The van der Waals surface area contributed by atoms with Gasteiger partial charge in [0.05, 0.1) is 13.7 Å². The molecule has 4 heteroatoms. The number of hydrogen-bond acceptors (Lipinski definition) is 3. The van der Waals surface area contributed by atoms with Crippen LogP contribution in [0.5, 0.6) is 5.75 Å². The van der Waals surface area contributed by atoms with Crippen LogP contribution < -0.4 is 10.1 Å². The van der Waals surface area contributed by atoms with Gasteiger partial charge < -0.3 is 15.2 Å². The molecule has 100 valence electrons. The molecule has 0 atom stereocenters. The number of rotatable bonds is 5. The summed E-state index contributed by atoms with van der Waals surface area (Å²) in [5.74, 6) is 0.691. The third kappa shape index (κ3) is 3.63. The van der Waals surface area contributed by atoms with Gasteiger partial charge in [-0.3, -0.25) is 0 Å². The molecule has 2 aromatic carbocycles. The Kier molecular flexibility index (Phi) is 4.66. The van der Waals surface area contributed by atoms with Crippen LogP contribution in [0.3, 0.4) is 0 Å². The number of aliphatic hydroxyl groups is 1. The summed E-state index contributed by atoms with van der Waals surface area (Å²) in [6, 6.07) is 13.3. The Bertz CT molecular complexity index is 558. The Labute approximate surface area is 117 Å². The summed E-state index contributed by atoms with van der Waals surface area (Å²) in [7, 11) is 1.59. The minimum absolute atomic E-state index is 0.0458. The maximum atomic E-state index is 9.27. The zero-order valence-corrected chi connectivity index (χ0v) is 11.4. The molecule has 0 aliphatic carbocycles. The van der Waals surface area contributed by atoms with Gasteiger partial charge in [-0.2, -0.15) is 0 Å². The highest BCUT2D eigenvalue weighted by molar-refractivity contribution is 6.30. The second-order valence-electron chi connectivity index (χ2n) is 4.17. The van der Waals surface area contributed by atoms with Crippen LogP contribution in [0, 0.1) is 0 Å². The highest BCUT2D eigenvalue weighted by Crippen LogP contribution is 2.23. The second-order valence-corrected chi connectivity index (χ2v) is 4.60. The van der Waals surface area contributed by atoms with Crippen molar-refractivity contribution in [1.82, 2.24) is 0 Å². The molecule has 0 saturated carbocycles. The molecule has 0 saturated heterocycles. The molecule has 19 heavy (non-hydrogen) atoms. The molecule has 0 unspecified atom stereocenters. The van der Waals surface area contributed by atoms with E-state index in [4.69, 9.17) is 16.3 Å². The third-order valence-corrected chi connectivity index (χ3v) is 3.07. The lowest BCUT2D eigenvalue weighted by atomic mass is 10.1. The third-order valence-electron chi connectivity index (χ3n) is 2.84. The van der Waals surface area contributed by atoms with Crippen molar-refractivity contribution in [3.05, 3.63) is 58.6 Å². The molecule has 0 bridgehead atoms. The van der Waals surface area contributed by atoms with Gasteiger partial charge in [0.1, 0.15) is 5.75 Å². The molecular weight excluding hydrogens is 262 g/mol. The van der Waals surface area contributed by atoms with E-state index in [9.17, 15) is 5.11 Å². The van der Waals surface area contributed by atoms with Gasteiger partial charge in [0.2, 0.25) is 0 Å². The summed E-state index contributed by atoms with van der Waals surface area (Å²) in [6.45, 7) is 0.633. The Morgan fingerprint density at radius 2 is 2.05 bits per heavy atom. The van der Waals surface area contributed by atoms with Crippen LogP contribution in [0.4, 0.5) is 5.69 Å². The van der Waals surface area contributed by atoms with E-state index in [0.29, 0.717) is 12.3 Å². The first-order chi connectivity index (χ1) is 9.22. The van der Waals surface area contributed by atoms with Crippen LogP contribution in [0.15, 0.2) is 42.5 Å². The molecule has 3 nitrogen and oxygen atoms in total. The van der Waals surface area contributed by atoms with E-state index in [-0.39, 0.29) is 6.61 Å². The monoisotopic (exact) mass is 277 g/mol. The van der Waals surface area contributed by atoms with E-state index in [1.807, 2.05) is 42.5 Å². The summed E-state index contributed by atoms with van der Waals surface area (Å²) in [4.78, 5) is 0. The van der Waals surface area contributed by atoms with Crippen molar-refractivity contribution in [3.63, 3.8) is 0 Å². The summed E-state index contributed by atoms with van der Waals surface area (Å²) < 4.78 is 5.16. The van der Waals surface area contributed by atoms with Gasteiger partial charge in [0, 0.05) is 22.8 Å². The summed E-state index contributed by atoms with van der Waals surface area (Å²) in [5.41, 5.74) is 2.80. The molecule has 0 radical (unpaired) electrons. The van der Waals surface area contributed by atoms with Crippen molar-refractivity contribution < 1.29 is 9.84 Å². The molecule has 2 N–H and O–H groups in total. The second kappa shape index (κ2) is 6.45. The lowest BCUT2D eigenvalue weighted by Gasteiger charge is -2.11. The molecule has 0 amide bonds. The normalized spacial score (nSPS) is 10.3. The predicted molar refractivity (Wildman–Crippen MR) is 77.7 cm³/mol.